The van der Waals surface area contributed by atoms with Gasteiger partial charge in [-0.2, -0.15) is 0 Å². The maximum Gasteiger partial charge on any atom is 0.307 e. The Labute approximate surface area is 111 Å². The summed E-state index contributed by atoms with van der Waals surface area (Å²) in [7, 11) is -3.17. The van der Waals surface area contributed by atoms with E-state index in [1.54, 1.807) is 24.3 Å². The van der Waals surface area contributed by atoms with Crippen molar-refractivity contribution in [2.45, 2.75) is 18.6 Å². The summed E-state index contributed by atoms with van der Waals surface area (Å²) in [6, 6.07) is 6.09. The lowest BCUT2D eigenvalue weighted by molar-refractivity contribution is -0.136. The lowest BCUT2D eigenvalue weighted by Gasteiger charge is -2.18. The summed E-state index contributed by atoms with van der Waals surface area (Å²) in [5.74, 6) is -0.823. The van der Waals surface area contributed by atoms with Gasteiger partial charge in [0, 0.05) is 5.56 Å². The Balaban J connectivity index is 2.17. The van der Waals surface area contributed by atoms with Gasteiger partial charge in [0.1, 0.15) is 11.9 Å². The van der Waals surface area contributed by atoms with Crippen molar-refractivity contribution >= 4 is 15.8 Å². The lowest BCUT2D eigenvalue weighted by atomic mass is 10.1. The van der Waals surface area contributed by atoms with Gasteiger partial charge in [0.2, 0.25) is 0 Å². The van der Waals surface area contributed by atoms with Crippen molar-refractivity contribution in [1.82, 2.24) is 0 Å². The SMILES string of the molecule is NC1CS(=O)(=O)CC1Oc1ccccc1CC(=O)O. The molecule has 0 amide bonds. The average Bonchev–Trinajstić information content (AvgIpc) is 2.54. The van der Waals surface area contributed by atoms with E-state index in [0.717, 1.165) is 0 Å². The normalized spacial score (nSPS) is 25.1. The minimum Gasteiger partial charge on any atom is -0.487 e. The van der Waals surface area contributed by atoms with Crippen molar-refractivity contribution < 1.29 is 23.1 Å². The van der Waals surface area contributed by atoms with Crippen molar-refractivity contribution in [1.29, 1.82) is 0 Å². The molecule has 1 aliphatic rings. The van der Waals surface area contributed by atoms with Crippen molar-refractivity contribution in [2.24, 2.45) is 5.73 Å². The zero-order chi connectivity index (χ0) is 14.0. The molecule has 6 nitrogen and oxygen atoms in total. The number of carboxylic acids is 1. The molecule has 1 fully saturated rings. The number of hydrogen-bond donors (Lipinski definition) is 2. The van der Waals surface area contributed by atoms with Gasteiger partial charge in [0.25, 0.3) is 0 Å². The number of carboxylic acid groups (broad SMARTS) is 1. The molecule has 3 N–H and O–H groups in total. The molecule has 104 valence electrons. The van der Waals surface area contributed by atoms with Crippen LogP contribution < -0.4 is 10.5 Å². The van der Waals surface area contributed by atoms with E-state index in [1.807, 2.05) is 0 Å². The molecule has 2 unspecified atom stereocenters. The summed E-state index contributed by atoms with van der Waals surface area (Å²) in [5, 5.41) is 8.81. The highest BCUT2D eigenvalue weighted by Gasteiger charge is 2.37. The van der Waals surface area contributed by atoms with E-state index < -0.39 is 28.0 Å². The van der Waals surface area contributed by atoms with Crippen LogP contribution in [0.3, 0.4) is 0 Å². The van der Waals surface area contributed by atoms with Gasteiger partial charge in [-0.1, -0.05) is 18.2 Å². The molecule has 2 rings (SSSR count). The van der Waals surface area contributed by atoms with Gasteiger partial charge in [0.15, 0.2) is 9.84 Å². The molecule has 0 saturated carbocycles. The van der Waals surface area contributed by atoms with Crippen LogP contribution >= 0.6 is 0 Å². The summed E-state index contributed by atoms with van der Waals surface area (Å²) < 4.78 is 28.5. The molecule has 7 heteroatoms. The highest BCUT2D eigenvalue weighted by molar-refractivity contribution is 7.91. The van der Waals surface area contributed by atoms with E-state index >= 15 is 0 Å². The number of aliphatic carboxylic acids is 1. The number of nitrogens with two attached hydrogens (primary N) is 1. The Hall–Kier alpha value is -1.60. The summed E-state index contributed by atoms with van der Waals surface area (Å²) >= 11 is 0. The van der Waals surface area contributed by atoms with Crippen LogP contribution in [-0.4, -0.2) is 43.1 Å². The molecule has 2 atom stereocenters. The Bertz CT molecular complexity index is 584. The number of para-hydroxylation sites is 1. The van der Waals surface area contributed by atoms with E-state index in [4.69, 9.17) is 15.6 Å². The third-order valence-corrected chi connectivity index (χ3v) is 4.66. The van der Waals surface area contributed by atoms with E-state index in [1.165, 1.54) is 0 Å². The largest absolute Gasteiger partial charge is 0.487 e. The number of ether oxygens (including phenoxy) is 1. The fourth-order valence-electron chi connectivity index (χ4n) is 2.05. The maximum atomic E-state index is 11.5. The topological polar surface area (TPSA) is 107 Å². The molecule has 1 heterocycles. The first kappa shape index (κ1) is 13.8. The van der Waals surface area contributed by atoms with E-state index in [0.29, 0.717) is 11.3 Å². The van der Waals surface area contributed by atoms with Crippen molar-refractivity contribution in [3.8, 4) is 5.75 Å². The highest BCUT2D eigenvalue weighted by Crippen LogP contribution is 2.23. The zero-order valence-corrected chi connectivity index (χ0v) is 11.0. The molecule has 1 aromatic carbocycles. The minimum atomic E-state index is -3.17. The fraction of sp³-hybridized carbons (Fsp3) is 0.417. The lowest BCUT2D eigenvalue weighted by Crippen LogP contribution is -2.37. The molecule has 0 aromatic heterocycles. The van der Waals surface area contributed by atoms with Crippen LogP contribution in [0.25, 0.3) is 0 Å². The molecule has 19 heavy (non-hydrogen) atoms. The first-order valence-electron chi connectivity index (χ1n) is 5.80. The Morgan fingerprint density at radius 3 is 2.63 bits per heavy atom. The van der Waals surface area contributed by atoms with Crippen LogP contribution in [0.4, 0.5) is 0 Å². The number of hydrogen-bond acceptors (Lipinski definition) is 5. The monoisotopic (exact) mass is 285 g/mol. The van der Waals surface area contributed by atoms with Crippen LogP contribution in [0.15, 0.2) is 24.3 Å². The number of carbonyl (C=O) groups is 1. The van der Waals surface area contributed by atoms with E-state index in [9.17, 15) is 13.2 Å². The average molecular weight is 285 g/mol. The summed E-state index contributed by atoms with van der Waals surface area (Å²) in [5.41, 5.74) is 6.24. The standard InChI is InChI=1S/C12H15NO5S/c13-9-6-19(16,17)7-11(9)18-10-4-2-1-3-8(10)5-12(14)15/h1-4,9,11H,5-7,13H2,(H,14,15). The third kappa shape index (κ3) is 3.45. The molecular weight excluding hydrogens is 270 g/mol. The van der Waals surface area contributed by atoms with Gasteiger partial charge >= 0.3 is 5.97 Å². The quantitative estimate of drug-likeness (QED) is 0.794. The number of rotatable bonds is 4. The van der Waals surface area contributed by atoms with Gasteiger partial charge < -0.3 is 15.6 Å². The highest BCUT2D eigenvalue weighted by atomic mass is 32.2. The van der Waals surface area contributed by atoms with E-state index in [-0.39, 0.29) is 17.9 Å². The first-order valence-corrected chi connectivity index (χ1v) is 7.62. The summed E-state index contributed by atoms with van der Waals surface area (Å²) in [6.45, 7) is 0. The second kappa shape index (κ2) is 5.18. The Kier molecular flexibility index (Phi) is 3.77. The predicted molar refractivity (Wildman–Crippen MR) is 68.8 cm³/mol. The van der Waals surface area contributed by atoms with E-state index in [2.05, 4.69) is 0 Å². The fourth-order valence-corrected chi connectivity index (χ4v) is 3.81. The van der Waals surface area contributed by atoms with Crippen molar-refractivity contribution in [2.75, 3.05) is 11.5 Å². The van der Waals surface area contributed by atoms with Crippen molar-refractivity contribution in [3.63, 3.8) is 0 Å². The zero-order valence-electron chi connectivity index (χ0n) is 10.2. The van der Waals surface area contributed by atoms with Crippen LogP contribution in [0, 0.1) is 0 Å². The predicted octanol–water partition coefficient (Wildman–Crippen LogP) is -0.183. The van der Waals surface area contributed by atoms with Gasteiger partial charge in [-0.25, -0.2) is 8.42 Å². The van der Waals surface area contributed by atoms with Gasteiger partial charge in [-0.05, 0) is 6.07 Å². The molecule has 0 aliphatic carbocycles. The van der Waals surface area contributed by atoms with Crippen LogP contribution in [0.5, 0.6) is 5.75 Å². The molecule has 1 aromatic rings. The van der Waals surface area contributed by atoms with Crippen molar-refractivity contribution in [3.05, 3.63) is 29.8 Å². The molecule has 0 radical (unpaired) electrons. The van der Waals surface area contributed by atoms with Gasteiger partial charge in [-0.3, -0.25) is 4.79 Å². The first-order chi connectivity index (χ1) is 8.87. The van der Waals surface area contributed by atoms with Crippen LogP contribution in [0.1, 0.15) is 5.56 Å². The van der Waals surface area contributed by atoms with Crippen LogP contribution in [-0.2, 0) is 21.1 Å². The molecular formula is C12H15NO5S. The number of benzene rings is 1. The third-order valence-electron chi connectivity index (χ3n) is 2.93. The Morgan fingerprint density at radius 2 is 2.05 bits per heavy atom. The van der Waals surface area contributed by atoms with Crippen LogP contribution in [0.2, 0.25) is 0 Å². The summed E-state index contributed by atoms with van der Waals surface area (Å²) in [6.07, 6.45) is -0.801. The second-order valence-electron chi connectivity index (χ2n) is 4.58. The summed E-state index contributed by atoms with van der Waals surface area (Å²) in [4.78, 5) is 10.7. The smallest absolute Gasteiger partial charge is 0.307 e. The molecule has 0 bridgehead atoms. The maximum absolute atomic E-state index is 11.5. The van der Waals surface area contributed by atoms with Gasteiger partial charge in [-0.15, -0.1) is 0 Å². The van der Waals surface area contributed by atoms with Gasteiger partial charge in [0.05, 0.1) is 24.0 Å². The molecule has 0 spiro atoms. The molecule has 1 aliphatic heterocycles. The minimum absolute atomic E-state index is 0.0984. The Morgan fingerprint density at radius 1 is 1.37 bits per heavy atom. The second-order valence-corrected chi connectivity index (χ2v) is 6.73. The number of sulfone groups is 1. The molecule has 1 saturated heterocycles.